The van der Waals surface area contributed by atoms with Gasteiger partial charge in [-0.25, -0.2) is 4.39 Å². The number of aliphatic hydroxyl groups is 2. The molecule has 0 amide bonds. The van der Waals surface area contributed by atoms with E-state index in [1.165, 1.54) is 6.07 Å². The van der Waals surface area contributed by atoms with Crippen molar-refractivity contribution in [3.8, 4) is 23.5 Å². The third-order valence-electron chi connectivity index (χ3n) is 5.74. The Hall–Kier alpha value is -2.81. The lowest BCUT2D eigenvalue weighted by Crippen LogP contribution is -2.55. The molecule has 2 aliphatic heterocycles. The number of benzene rings is 1. The van der Waals surface area contributed by atoms with Crippen molar-refractivity contribution >= 4 is 0 Å². The van der Waals surface area contributed by atoms with Crippen LogP contribution in [0.15, 0.2) is 18.2 Å². The lowest BCUT2D eigenvalue weighted by atomic mass is 9.74. The molecule has 0 radical (unpaired) electrons. The first-order valence-corrected chi connectivity index (χ1v) is 8.30. The number of hydrogen-bond acceptors (Lipinski definition) is 6. The Bertz CT molecular complexity index is 1100. The van der Waals surface area contributed by atoms with Crippen LogP contribution in [0.4, 0.5) is 17.6 Å². The van der Waals surface area contributed by atoms with Crippen LogP contribution in [0.1, 0.15) is 36.1 Å². The largest absolute Gasteiger partial charge is 0.494 e. The van der Waals surface area contributed by atoms with E-state index < -0.39 is 52.2 Å². The van der Waals surface area contributed by atoms with Crippen LogP contribution < -0.4 is 0 Å². The molecule has 0 saturated carbocycles. The predicted octanol–water partition coefficient (Wildman–Crippen LogP) is 2.27. The minimum Gasteiger partial charge on any atom is -0.494 e. The molecule has 1 aromatic heterocycles. The monoisotopic (exact) mass is 414 g/mol. The highest BCUT2D eigenvalue weighted by Crippen LogP contribution is 2.67. The van der Waals surface area contributed by atoms with Crippen LogP contribution in [0, 0.1) is 11.3 Å². The topological polar surface area (TPSA) is 119 Å². The van der Waals surface area contributed by atoms with Crippen molar-refractivity contribution in [3.63, 3.8) is 0 Å². The average molecular weight is 414 g/mol. The molecule has 1 saturated heterocycles. The predicted molar refractivity (Wildman–Crippen MR) is 86.7 cm³/mol. The van der Waals surface area contributed by atoms with Crippen LogP contribution in [0.3, 0.4) is 0 Å². The fraction of sp³-hybridized carbons (Fsp3) is 0.389. The number of alkyl halides is 4. The summed E-state index contributed by atoms with van der Waals surface area (Å²) < 4.78 is 60.6. The van der Waals surface area contributed by atoms with Gasteiger partial charge in [-0.15, -0.1) is 0 Å². The van der Waals surface area contributed by atoms with E-state index in [9.17, 15) is 38.0 Å². The molecular formula is C18H14F4N2O5. The summed E-state index contributed by atoms with van der Waals surface area (Å²) in [6.07, 6.45) is -7.31. The van der Waals surface area contributed by atoms with E-state index in [1.807, 2.05) is 0 Å². The Balaban J connectivity index is 2.01. The van der Waals surface area contributed by atoms with Gasteiger partial charge < -0.3 is 25.2 Å². The highest BCUT2D eigenvalue weighted by molar-refractivity contribution is 5.63. The molecule has 1 fully saturated rings. The van der Waals surface area contributed by atoms with Crippen LogP contribution in [0.5, 0.6) is 11.8 Å². The third kappa shape index (κ3) is 2.06. The molecule has 7 nitrogen and oxygen atoms in total. The zero-order chi connectivity index (χ0) is 21.7. The number of halogens is 4. The summed E-state index contributed by atoms with van der Waals surface area (Å²) in [5.41, 5.74) is -7.26. The van der Waals surface area contributed by atoms with Crippen LogP contribution in [-0.4, -0.2) is 37.0 Å². The molecule has 154 valence electrons. The van der Waals surface area contributed by atoms with Crippen LogP contribution in [-0.2, 0) is 22.1 Å². The number of nitriles is 1. The number of rotatable bonds is 1. The number of aromatic hydroxyl groups is 2. The summed E-state index contributed by atoms with van der Waals surface area (Å²) in [6, 6.07) is 3.86. The highest BCUT2D eigenvalue weighted by atomic mass is 19.4. The Morgan fingerprint density at radius 3 is 2.28 bits per heavy atom. The van der Waals surface area contributed by atoms with Gasteiger partial charge in [0.05, 0.1) is 34.0 Å². The van der Waals surface area contributed by atoms with Crippen molar-refractivity contribution < 1.29 is 42.7 Å². The highest BCUT2D eigenvalue weighted by Gasteiger charge is 2.77. The molecule has 0 spiro atoms. The van der Waals surface area contributed by atoms with Gasteiger partial charge >= 0.3 is 6.18 Å². The summed E-state index contributed by atoms with van der Waals surface area (Å²) >= 11 is 0. The summed E-state index contributed by atoms with van der Waals surface area (Å²) in [6.45, 7) is 2.21. The maximum absolute atomic E-state index is 14.7. The van der Waals surface area contributed by atoms with Crippen molar-refractivity contribution in [3.05, 3.63) is 40.5 Å². The first-order chi connectivity index (χ1) is 13.2. The first kappa shape index (κ1) is 19.5. The Labute approximate surface area is 160 Å². The fourth-order valence-corrected chi connectivity index (χ4v) is 4.31. The fourth-order valence-electron chi connectivity index (χ4n) is 4.31. The smallest absolute Gasteiger partial charge is 0.417 e. The van der Waals surface area contributed by atoms with E-state index in [1.54, 1.807) is 0 Å². The van der Waals surface area contributed by atoms with Gasteiger partial charge in [0.15, 0.2) is 11.8 Å². The lowest BCUT2D eigenvalue weighted by Gasteiger charge is -2.35. The molecule has 1 aromatic carbocycles. The van der Waals surface area contributed by atoms with E-state index in [4.69, 9.17) is 10.00 Å². The zero-order valence-corrected chi connectivity index (χ0v) is 14.9. The molecule has 2 aromatic rings. The summed E-state index contributed by atoms with van der Waals surface area (Å²) in [4.78, 5) is 0. The molecular weight excluding hydrogens is 400 g/mol. The third-order valence-corrected chi connectivity index (χ3v) is 5.74. The van der Waals surface area contributed by atoms with Gasteiger partial charge in [0, 0.05) is 0 Å². The van der Waals surface area contributed by atoms with Crippen LogP contribution >= 0.6 is 0 Å². The molecule has 4 rings (SSSR count). The second-order valence-corrected chi connectivity index (χ2v) is 7.40. The quantitative estimate of drug-likeness (QED) is 0.420. The van der Waals surface area contributed by atoms with E-state index in [2.05, 4.69) is 0 Å². The van der Waals surface area contributed by atoms with Gasteiger partial charge in [0.1, 0.15) is 5.60 Å². The number of nitrogens with zero attached hydrogens (tertiary/aromatic N) is 2. The lowest BCUT2D eigenvalue weighted by molar-refractivity contribution is -0.258. The maximum Gasteiger partial charge on any atom is 0.417 e. The van der Waals surface area contributed by atoms with Crippen molar-refractivity contribution in [2.45, 2.75) is 43.2 Å². The summed E-state index contributed by atoms with van der Waals surface area (Å²) in [5.74, 6) is -4.73. The molecule has 0 unspecified atom stereocenters. The minimum absolute atomic E-state index is 0.304. The second kappa shape index (κ2) is 5.21. The minimum atomic E-state index is -4.89. The Kier molecular flexibility index (Phi) is 3.50. The van der Waals surface area contributed by atoms with Crippen molar-refractivity contribution in [1.29, 1.82) is 5.26 Å². The van der Waals surface area contributed by atoms with Crippen molar-refractivity contribution in [1.82, 2.24) is 4.57 Å². The standard InChI is InChI=1S/C18H14F4N2O5/c1-15-10-11(16(2,29-15)17(27,28)14(15)19)13(26)24(12(10)25)8-4-3-7(6-23)9(5-8)18(20,21)22/h3-5,14,25-28H,1-2H3/t14-,15+,16+/m1/s1. The number of hydrogen-bond donors (Lipinski definition) is 4. The summed E-state index contributed by atoms with van der Waals surface area (Å²) in [5, 5.41) is 50.6. The van der Waals surface area contributed by atoms with E-state index >= 15 is 0 Å². The van der Waals surface area contributed by atoms with Gasteiger partial charge in [-0.1, -0.05) is 0 Å². The molecule has 3 atom stereocenters. The Morgan fingerprint density at radius 1 is 1.14 bits per heavy atom. The number of aromatic nitrogens is 1. The molecule has 0 aliphatic carbocycles. The zero-order valence-electron chi connectivity index (χ0n) is 14.9. The molecule has 3 heterocycles. The Morgan fingerprint density at radius 2 is 1.72 bits per heavy atom. The second-order valence-electron chi connectivity index (χ2n) is 7.40. The van der Waals surface area contributed by atoms with Crippen LogP contribution in [0.25, 0.3) is 5.69 Å². The van der Waals surface area contributed by atoms with Crippen molar-refractivity contribution in [2.24, 2.45) is 0 Å². The van der Waals surface area contributed by atoms with Gasteiger partial charge in [-0.3, -0.25) is 4.57 Å². The number of ether oxygens (including phenoxy) is 1. The first-order valence-electron chi connectivity index (χ1n) is 8.30. The molecule has 2 aliphatic rings. The SMILES string of the molecule is C[C@]12O[C@@](C)(c3c1c(O)n(-c1ccc(C#N)c(C(F)(F)F)c1)c3O)C(O)(O)[C@@H]2F. The van der Waals surface area contributed by atoms with Gasteiger partial charge in [0.2, 0.25) is 17.5 Å². The van der Waals surface area contributed by atoms with E-state index in [0.29, 0.717) is 10.6 Å². The number of fused-ring (bicyclic) bond motifs is 5. The maximum atomic E-state index is 14.7. The van der Waals surface area contributed by atoms with E-state index in [-0.39, 0.29) is 16.8 Å². The normalized spacial score (nSPS) is 29.7. The molecule has 11 heteroatoms. The molecule has 2 bridgehead atoms. The van der Waals surface area contributed by atoms with E-state index in [0.717, 1.165) is 26.0 Å². The van der Waals surface area contributed by atoms with Gasteiger partial charge in [-0.05, 0) is 32.0 Å². The van der Waals surface area contributed by atoms with Gasteiger partial charge in [-0.2, -0.15) is 18.4 Å². The summed E-state index contributed by atoms with van der Waals surface area (Å²) in [7, 11) is 0. The van der Waals surface area contributed by atoms with Crippen molar-refractivity contribution in [2.75, 3.05) is 0 Å². The van der Waals surface area contributed by atoms with Gasteiger partial charge in [0.25, 0.3) is 0 Å². The van der Waals surface area contributed by atoms with Crippen LogP contribution in [0.2, 0.25) is 0 Å². The molecule has 4 N–H and O–H groups in total. The average Bonchev–Trinajstić information content (AvgIpc) is 3.09. The molecule has 29 heavy (non-hydrogen) atoms.